The highest BCUT2D eigenvalue weighted by Crippen LogP contribution is 2.14. The Bertz CT molecular complexity index is 428. The van der Waals surface area contributed by atoms with Gasteiger partial charge < -0.3 is 20.5 Å². The van der Waals surface area contributed by atoms with E-state index >= 15 is 0 Å². The number of carbonyl (C=O) groups is 1. The molecule has 0 bridgehead atoms. The van der Waals surface area contributed by atoms with E-state index in [2.05, 4.69) is 10.6 Å². The third kappa shape index (κ3) is 3.00. The first-order chi connectivity index (χ1) is 8.63. The first-order valence-corrected chi connectivity index (χ1v) is 5.98. The van der Waals surface area contributed by atoms with Crippen molar-refractivity contribution in [3.8, 4) is 5.75 Å². The summed E-state index contributed by atoms with van der Waals surface area (Å²) in [6, 6.07) is 6.94. The van der Waals surface area contributed by atoms with E-state index < -0.39 is 5.60 Å². The minimum atomic E-state index is -0.825. The number of hydrogen-bond acceptors (Lipinski definition) is 4. The maximum atomic E-state index is 11.9. The number of nitrogens with one attached hydrogen (secondary N) is 2. The molecule has 1 aromatic rings. The highest BCUT2D eigenvalue weighted by molar-refractivity contribution is 5.94. The number of carbonyl (C=O) groups excluding carboxylic acids is 1. The lowest BCUT2D eigenvalue weighted by Crippen LogP contribution is -2.44. The molecule has 18 heavy (non-hydrogen) atoms. The Kier molecular flexibility index (Phi) is 3.84. The van der Waals surface area contributed by atoms with Crippen molar-refractivity contribution in [3.05, 3.63) is 29.8 Å². The fraction of sp³-hybridized carbons (Fsp3) is 0.462. The van der Waals surface area contributed by atoms with E-state index in [1.54, 1.807) is 31.4 Å². The monoisotopic (exact) mass is 250 g/mol. The quantitative estimate of drug-likeness (QED) is 0.711. The number of aliphatic hydroxyl groups is 1. The molecule has 1 aliphatic heterocycles. The van der Waals surface area contributed by atoms with E-state index in [1.165, 1.54) is 0 Å². The van der Waals surface area contributed by atoms with E-state index in [4.69, 9.17) is 4.74 Å². The third-order valence-electron chi connectivity index (χ3n) is 3.13. The van der Waals surface area contributed by atoms with Gasteiger partial charge in [-0.1, -0.05) is 6.07 Å². The molecule has 0 aliphatic carbocycles. The van der Waals surface area contributed by atoms with Gasteiger partial charge in [-0.2, -0.15) is 0 Å². The zero-order valence-corrected chi connectivity index (χ0v) is 10.4. The smallest absolute Gasteiger partial charge is 0.251 e. The molecule has 1 aromatic carbocycles. The average Bonchev–Trinajstić information content (AvgIpc) is 2.83. The predicted octanol–water partition coefficient (Wildman–Crippen LogP) is 0.149. The standard InChI is InChI=1S/C13H18N2O3/c1-18-11-4-2-3-10(7-11)12(16)15-9-13(17)5-6-14-8-13/h2-4,7,14,17H,5-6,8-9H2,1H3,(H,15,16). The lowest BCUT2D eigenvalue weighted by atomic mass is 10.0. The number of methoxy groups -OCH3 is 1. The molecule has 1 unspecified atom stereocenters. The molecule has 3 N–H and O–H groups in total. The van der Waals surface area contributed by atoms with Crippen molar-refractivity contribution in [2.75, 3.05) is 26.7 Å². The molecule has 1 atom stereocenters. The van der Waals surface area contributed by atoms with Crippen molar-refractivity contribution in [1.82, 2.24) is 10.6 Å². The Morgan fingerprint density at radius 1 is 1.61 bits per heavy atom. The molecular formula is C13H18N2O3. The van der Waals surface area contributed by atoms with Crippen molar-refractivity contribution in [2.24, 2.45) is 0 Å². The highest BCUT2D eigenvalue weighted by atomic mass is 16.5. The van der Waals surface area contributed by atoms with Crippen LogP contribution in [0.25, 0.3) is 0 Å². The minimum Gasteiger partial charge on any atom is -0.497 e. The SMILES string of the molecule is COc1cccc(C(=O)NCC2(O)CCNC2)c1. The molecular weight excluding hydrogens is 232 g/mol. The maximum Gasteiger partial charge on any atom is 0.251 e. The van der Waals surface area contributed by atoms with E-state index in [0.717, 1.165) is 6.54 Å². The summed E-state index contributed by atoms with van der Waals surface area (Å²) >= 11 is 0. The first-order valence-electron chi connectivity index (χ1n) is 5.98. The Morgan fingerprint density at radius 2 is 2.44 bits per heavy atom. The second kappa shape index (κ2) is 5.37. The van der Waals surface area contributed by atoms with Crippen LogP contribution in [0.2, 0.25) is 0 Å². The lowest BCUT2D eigenvalue weighted by Gasteiger charge is -2.21. The number of rotatable bonds is 4. The molecule has 0 spiro atoms. The summed E-state index contributed by atoms with van der Waals surface area (Å²) in [5.74, 6) is 0.443. The molecule has 98 valence electrons. The van der Waals surface area contributed by atoms with Gasteiger partial charge in [0.15, 0.2) is 0 Å². The summed E-state index contributed by atoms with van der Waals surface area (Å²) in [6.45, 7) is 1.56. The molecule has 1 aliphatic rings. The number of β-amino-alcohol motifs (C(OH)–C–C–N with tert-alkyl or cyclic N) is 1. The van der Waals surface area contributed by atoms with Gasteiger partial charge in [-0.05, 0) is 31.2 Å². The van der Waals surface area contributed by atoms with Gasteiger partial charge in [-0.25, -0.2) is 0 Å². The Hall–Kier alpha value is -1.59. The molecule has 1 amide bonds. The summed E-state index contributed by atoms with van der Waals surface area (Å²) in [5, 5.41) is 15.9. The fourth-order valence-electron chi connectivity index (χ4n) is 1.99. The zero-order chi connectivity index (χ0) is 13.0. The summed E-state index contributed by atoms with van der Waals surface area (Å²) in [7, 11) is 1.56. The summed E-state index contributed by atoms with van der Waals surface area (Å²) < 4.78 is 5.06. The van der Waals surface area contributed by atoms with Gasteiger partial charge in [0.25, 0.3) is 5.91 Å². The zero-order valence-electron chi connectivity index (χ0n) is 10.4. The lowest BCUT2D eigenvalue weighted by molar-refractivity contribution is 0.0562. The van der Waals surface area contributed by atoms with Crippen molar-refractivity contribution in [1.29, 1.82) is 0 Å². The van der Waals surface area contributed by atoms with Gasteiger partial charge in [0.1, 0.15) is 5.75 Å². The minimum absolute atomic E-state index is 0.200. The number of hydrogen-bond donors (Lipinski definition) is 3. The Morgan fingerprint density at radius 3 is 3.11 bits per heavy atom. The summed E-state index contributed by atoms with van der Waals surface area (Å²) in [5.41, 5.74) is -0.293. The number of ether oxygens (including phenoxy) is 1. The highest BCUT2D eigenvalue weighted by Gasteiger charge is 2.31. The van der Waals surface area contributed by atoms with Crippen molar-refractivity contribution in [2.45, 2.75) is 12.0 Å². The normalized spacial score (nSPS) is 22.8. The molecule has 0 radical (unpaired) electrons. The molecule has 5 nitrogen and oxygen atoms in total. The van der Waals surface area contributed by atoms with E-state index in [-0.39, 0.29) is 12.5 Å². The molecule has 5 heteroatoms. The third-order valence-corrected chi connectivity index (χ3v) is 3.13. The first kappa shape index (κ1) is 12.9. The molecule has 0 saturated carbocycles. The van der Waals surface area contributed by atoms with Crippen LogP contribution in [0.3, 0.4) is 0 Å². The van der Waals surface area contributed by atoms with Gasteiger partial charge in [0.2, 0.25) is 0 Å². The number of amides is 1. The van der Waals surface area contributed by atoms with Crippen LogP contribution in [0.15, 0.2) is 24.3 Å². The molecule has 1 fully saturated rings. The van der Waals surface area contributed by atoms with Crippen molar-refractivity contribution in [3.63, 3.8) is 0 Å². The van der Waals surface area contributed by atoms with Crippen LogP contribution in [-0.4, -0.2) is 43.4 Å². The second-order valence-corrected chi connectivity index (χ2v) is 4.57. The number of benzene rings is 1. The van der Waals surface area contributed by atoms with Crippen LogP contribution >= 0.6 is 0 Å². The Balaban J connectivity index is 1.94. The second-order valence-electron chi connectivity index (χ2n) is 4.57. The Labute approximate surface area is 106 Å². The molecule has 0 aromatic heterocycles. The van der Waals surface area contributed by atoms with Crippen LogP contribution in [0, 0.1) is 0 Å². The van der Waals surface area contributed by atoms with Crippen molar-refractivity contribution < 1.29 is 14.6 Å². The van der Waals surface area contributed by atoms with Crippen LogP contribution in [0.4, 0.5) is 0 Å². The average molecular weight is 250 g/mol. The molecule has 2 rings (SSSR count). The summed E-state index contributed by atoms with van der Waals surface area (Å²) in [4.78, 5) is 11.9. The topological polar surface area (TPSA) is 70.6 Å². The van der Waals surface area contributed by atoms with Gasteiger partial charge in [0, 0.05) is 18.7 Å². The maximum absolute atomic E-state index is 11.9. The molecule has 1 saturated heterocycles. The van der Waals surface area contributed by atoms with Crippen LogP contribution < -0.4 is 15.4 Å². The van der Waals surface area contributed by atoms with E-state index in [1.807, 2.05) is 0 Å². The predicted molar refractivity (Wildman–Crippen MR) is 67.8 cm³/mol. The van der Waals surface area contributed by atoms with Gasteiger partial charge >= 0.3 is 0 Å². The van der Waals surface area contributed by atoms with Crippen LogP contribution in [0.1, 0.15) is 16.8 Å². The summed E-state index contributed by atoms with van der Waals surface area (Å²) in [6.07, 6.45) is 0.658. The van der Waals surface area contributed by atoms with E-state index in [0.29, 0.717) is 24.3 Å². The fourth-order valence-corrected chi connectivity index (χ4v) is 1.99. The van der Waals surface area contributed by atoms with Gasteiger partial charge in [-0.15, -0.1) is 0 Å². The van der Waals surface area contributed by atoms with Gasteiger partial charge in [0.05, 0.1) is 12.7 Å². The van der Waals surface area contributed by atoms with Crippen LogP contribution in [-0.2, 0) is 0 Å². The van der Waals surface area contributed by atoms with Crippen molar-refractivity contribution >= 4 is 5.91 Å². The van der Waals surface area contributed by atoms with Crippen LogP contribution in [0.5, 0.6) is 5.75 Å². The molecule has 1 heterocycles. The largest absolute Gasteiger partial charge is 0.497 e. The van der Waals surface area contributed by atoms with Gasteiger partial charge in [-0.3, -0.25) is 4.79 Å². The van der Waals surface area contributed by atoms with E-state index in [9.17, 15) is 9.90 Å².